The van der Waals surface area contributed by atoms with Gasteiger partial charge >= 0.3 is 0 Å². The van der Waals surface area contributed by atoms with E-state index in [9.17, 15) is 13.2 Å². The van der Waals surface area contributed by atoms with E-state index in [1.54, 1.807) is 25.3 Å². The predicted octanol–water partition coefficient (Wildman–Crippen LogP) is 3.32. The van der Waals surface area contributed by atoms with E-state index in [1.807, 2.05) is 30.3 Å². The number of hydrogen-bond donors (Lipinski definition) is 1. The van der Waals surface area contributed by atoms with Gasteiger partial charge in [0.25, 0.3) is 0 Å². The zero-order chi connectivity index (χ0) is 22.3. The second-order valence-electron chi connectivity index (χ2n) is 7.66. The maximum atomic E-state index is 12.8. The Morgan fingerprint density at radius 2 is 1.84 bits per heavy atom. The number of carbonyl (C=O) groups is 1. The summed E-state index contributed by atoms with van der Waals surface area (Å²) in [6, 6.07) is 15.0. The van der Waals surface area contributed by atoms with Crippen molar-refractivity contribution in [3.05, 3.63) is 54.1 Å². The quantitative estimate of drug-likeness (QED) is 0.639. The molecule has 1 amide bonds. The van der Waals surface area contributed by atoms with Crippen molar-refractivity contribution >= 4 is 21.6 Å². The van der Waals surface area contributed by atoms with Crippen LogP contribution in [0.3, 0.4) is 0 Å². The smallest absolute Gasteiger partial charge is 0.228 e. The topological polar surface area (TPSA) is 84.9 Å². The van der Waals surface area contributed by atoms with Gasteiger partial charge in [-0.1, -0.05) is 30.3 Å². The van der Waals surface area contributed by atoms with Crippen LogP contribution in [0.4, 0.5) is 5.69 Å². The van der Waals surface area contributed by atoms with Gasteiger partial charge in [0.1, 0.15) is 0 Å². The molecular formula is C23H30N2O5S. The fourth-order valence-corrected chi connectivity index (χ4v) is 5.38. The molecule has 1 heterocycles. The van der Waals surface area contributed by atoms with Gasteiger partial charge in [0.05, 0.1) is 25.9 Å². The van der Waals surface area contributed by atoms with Crippen LogP contribution in [-0.4, -0.2) is 51.7 Å². The first-order valence-corrected chi connectivity index (χ1v) is 12.1. The SMILES string of the molecule is COc1ccc(NC(=O)[C@@H]2CCCN(S(=O)(=O)CCCc3ccccc3)C2)cc1OC. The third-order valence-electron chi connectivity index (χ3n) is 5.51. The van der Waals surface area contributed by atoms with Gasteiger partial charge in [0.2, 0.25) is 15.9 Å². The number of benzene rings is 2. The van der Waals surface area contributed by atoms with Gasteiger partial charge in [-0.2, -0.15) is 0 Å². The number of sulfonamides is 1. The lowest BCUT2D eigenvalue weighted by atomic mass is 9.98. The summed E-state index contributed by atoms with van der Waals surface area (Å²) >= 11 is 0. The number of amides is 1. The Hall–Kier alpha value is -2.58. The minimum atomic E-state index is -3.40. The number of hydrogen-bond acceptors (Lipinski definition) is 5. The minimum Gasteiger partial charge on any atom is -0.493 e. The lowest BCUT2D eigenvalue weighted by Gasteiger charge is -2.31. The number of rotatable bonds is 9. The summed E-state index contributed by atoms with van der Waals surface area (Å²) in [5.74, 6) is 0.617. The Kier molecular flexibility index (Phi) is 7.92. The van der Waals surface area contributed by atoms with Crippen LogP contribution >= 0.6 is 0 Å². The molecule has 1 fully saturated rings. The summed E-state index contributed by atoms with van der Waals surface area (Å²) in [4.78, 5) is 12.8. The summed E-state index contributed by atoms with van der Waals surface area (Å²) < 4.78 is 37.6. The highest BCUT2D eigenvalue weighted by molar-refractivity contribution is 7.89. The molecule has 1 atom stereocenters. The molecule has 0 aromatic heterocycles. The number of nitrogens with zero attached hydrogens (tertiary/aromatic N) is 1. The van der Waals surface area contributed by atoms with E-state index in [0.29, 0.717) is 43.0 Å². The van der Waals surface area contributed by atoms with Crippen molar-refractivity contribution in [2.75, 3.05) is 38.4 Å². The third kappa shape index (κ3) is 6.21. The molecule has 0 saturated carbocycles. The summed E-state index contributed by atoms with van der Waals surface area (Å²) in [6.07, 6.45) is 2.61. The van der Waals surface area contributed by atoms with Crippen molar-refractivity contribution in [2.45, 2.75) is 25.7 Å². The highest BCUT2D eigenvalue weighted by Gasteiger charge is 2.32. The van der Waals surface area contributed by atoms with Gasteiger partial charge in [0, 0.05) is 24.8 Å². The lowest BCUT2D eigenvalue weighted by Crippen LogP contribution is -2.44. The van der Waals surface area contributed by atoms with Crippen molar-refractivity contribution in [2.24, 2.45) is 5.92 Å². The molecule has 1 saturated heterocycles. The molecule has 0 unspecified atom stereocenters. The van der Waals surface area contributed by atoms with Crippen molar-refractivity contribution in [3.63, 3.8) is 0 Å². The molecule has 1 aliphatic heterocycles. The Morgan fingerprint density at radius 1 is 1.10 bits per heavy atom. The van der Waals surface area contributed by atoms with Crippen LogP contribution < -0.4 is 14.8 Å². The number of ether oxygens (including phenoxy) is 2. The first-order chi connectivity index (χ1) is 14.9. The molecule has 0 spiro atoms. The Morgan fingerprint density at radius 3 is 2.55 bits per heavy atom. The molecule has 3 rings (SSSR count). The first-order valence-electron chi connectivity index (χ1n) is 10.5. The Bertz CT molecular complexity index is 979. The molecule has 7 nitrogen and oxygen atoms in total. The van der Waals surface area contributed by atoms with E-state index in [-0.39, 0.29) is 24.1 Å². The minimum absolute atomic E-state index is 0.0892. The van der Waals surface area contributed by atoms with Crippen molar-refractivity contribution in [1.82, 2.24) is 4.31 Å². The van der Waals surface area contributed by atoms with Gasteiger partial charge in [-0.15, -0.1) is 0 Å². The van der Waals surface area contributed by atoms with E-state index in [2.05, 4.69) is 5.32 Å². The van der Waals surface area contributed by atoms with Crippen molar-refractivity contribution in [1.29, 1.82) is 0 Å². The fourth-order valence-electron chi connectivity index (χ4n) is 3.80. The zero-order valence-electron chi connectivity index (χ0n) is 18.0. The molecule has 1 aliphatic rings. The highest BCUT2D eigenvalue weighted by Crippen LogP contribution is 2.30. The van der Waals surface area contributed by atoms with Crippen LogP contribution in [0, 0.1) is 5.92 Å². The Labute approximate surface area is 184 Å². The maximum Gasteiger partial charge on any atom is 0.228 e. The average Bonchev–Trinajstić information content (AvgIpc) is 2.79. The summed E-state index contributed by atoms with van der Waals surface area (Å²) in [6.45, 7) is 0.681. The van der Waals surface area contributed by atoms with Crippen LogP contribution in [0.2, 0.25) is 0 Å². The van der Waals surface area contributed by atoms with Crippen LogP contribution in [0.15, 0.2) is 48.5 Å². The lowest BCUT2D eigenvalue weighted by molar-refractivity contribution is -0.120. The average molecular weight is 447 g/mol. The second kappa shape index (κ2) is 10.6. The summed E-state index contributed by atoms with van der Waals surface area (Å²) in [5.41, 5.74) is 1.72. The van der Waals surface area contributed by atoms with Gasteiger partial charge < -0.3 is 14.8 Å². The maximum absolute atomic E-state index is 12.8. The standard InChI is InChI=1S/C23H30N2O5S/c1-29-21-13-12-20(16-22(21)30-2)24-23(26)19-11-6-14-25(17-19)31(27,28)15-7-10-18-8-4-3-5-9-18/h3-5,8-9,12-13,16,19H,6-7,10-11,14-15,17H2,1-2H3,(H,24,26)/t19-/m1/s1. The second-order valence-corrected chi connectivity index (χ2v) is 9.75. The third-order valence-corrected chi connectivity index (χ3v) is 7.43. The van der Waals surface area contributed by atoms with Crippen LogP contribution in [0.25, 0.3) is 0 Å². The van der Waals surface area contributed by atoms with Crippen molar-refractivity contribution < 1.29 is 22.7 Å². The molecule has 1 N–H and O–H groups in total. The Balaban J connectivity index is 1.57. The van der Waals surface area contributed by atoms with E-state index >= 15 is 0 Å². The largest absolute Gasteiger partial charge is 0.493 e. The molecule has 2 aromatic carbocycles. The molecule has 31 heavy (non-hydrogen) atoms. The number of nitrogens with one attached hydrogen (secondary N) is 1. The molecule has 8 heteroatoms. The molecule has 0 aliphatic carbocycles. The molecule has 0 bridgehead atoms. The van der Waals surface area contributed by atoms with Gasteiger partial charge in [-0.25, -0.2) is 12.7 Å². The van der Waals surface area contributed by atoms with Gasteiger partial charge in [-0.05, 0) is 43.4 Å². The van der Waals surface area contributed by atoms with Crippen LogP contribution in [0.1, 0.15) is 24.8 Å². The number of carbonyl (C=O) groups excluding carboxylic acids is 1. The summed E-state index contributed by atoms with van der Waals surface area (Å²) in [5, 5.41) is 2.88. The fraction of sp³-hybridized carbons (Fsp3) is 0.435. The van der Waals surface area contributed by atoms with E-state index in [1.165, 1.54) is 11.4 Å². The molecule has 2 aromatic rings. The van der Waals surface area contributed by atoms with E-state index in [0.717, 1.165) is 12.0 Å². The first kappa shape index (κ1) is 23.1. The van der Waals surface area contributed by atoms with Gasteiger partial charge in [-0.3, -0.25) is 4.79 Å². The molecular weight excluding hydrogens is 416 g/mol. The predicted molar refractivity (Wildman–Crippen MR) is 121 cm³/mol. The number of methoxy groups -OCH3 is 2. The number of piperidine rings is 1. The van der Waals surface area contributed by atoms with E-state index < -0.39 is 10.0 Å². The number of aryl methyl sites for hydroxylation is 1. The van der Waals surface area contributed by atoms with Crippen LogP contribution in [0.5, 0.6) is 11.5 Å². The number of anilines is 1. The van der Waals surface area contributed by atoms with E-state index in [4.69, 9.17) is 9.47 Å². The molecule has 168 valence electrons. The van der Waals surface area contributed by atoms with Crippen molar-refractivity contribution in [3.8, 4) is 11.5 Å². The van der Waals surface area contributed by atoms with Crippen LogP contribution in [-0.2, 0) is 21.2 Å². The summed E-state index contributed by atoms with van der Waals surface area (Å²) in [7, 11) is -0.314. The monoisotopic (exact) mass is 446 g/mol. The molecule has 0 radical (unpaired) electrons. The van der Waals surface area contributed by atoms with Gasteiger partial charge in [0.15, 0.2) is 11.5 Å². The zero-order valence-corrected chi connectivity index (χ0v) is 18.9. The highest BCUT2D eigenvalue weighted by atomic mass is 32.2. The normalized spacial score (nSPS) is 17.2.